The van der Waals surface area contributed by atoms with Crippen LogP contribution in [-0.2, 0) is 5.75 Å². The molecule has 3 rings (SSSR count). The van der Waals surface area contributed by atoms with E-state index in [1.54, 1.807) is 32.4 Å². The Labute approximate surface area is 148 Å². The largest absolute Gasteiger partial charge is 0.497 e. The van der Waals surface area contributed by atoms with Crippen molar-refractivity contribution in [2.24, 2.45) is 0 Å². The van der Waals surface area contributed by atoms with Gasteiger partial charge in [-0.05, 0) is 12.1 Å². The Hall–Kier alpha value is -2.55. The summed E-state index contributed by atoms with van der Waals surface area (Å²) in [7, 11) is 3.17. The molecule has 0 aliphatic carbocycles. The number of hydrogen-bond donors (Lipinski definition) is 0. The van der Waals surface area contributed by atoms with Gasteiger partial charge < -0.3 is 18.4 Å². The molecule has 0 atom stereocenters. The second kappa shape index (κ2) is 7.56. The normalized spacial score (nSPS) is 11.1. The highest BCUT2D eigenvalue weighted by molar-refractivity contribution is 7.98. The minimum Gasteiger partial charge on any atom is -0.497 e. The lowest BCUT2D eigenvalue weighted by molar-refractivity contribution is 0.362. The van der Waals surface area contributed by atoms with Crippen molar-refractivity contribution >= 4 is 11.8 Å². The van der Waals surface area contributed by atoms with Gasteiger partial charge in [0, 0.05) is 17.5 Å². The van der Waals surface area contributed by atoms with Crippen molar-refractivity contribution in [3.63, 3.8) is 0 Å². The van der Waals surface area contributed by atoms with E-state index in [0.717, 1.165) is 5.56 Å². The van der Waals surface area contributed by atoms with E-state index in [4.69, 9.17) is 18.4 Å². The van der Waals surface area contributed by atoms with E-state index >= 15 is 0 Å². The summed E-state index contributed by atoms with van der Waals surface area (Å²) in [4.78, 5) is 4.31. The molecule has 0 aliphatic heterocycles. The van der Waals surface area contributed by atoms with Gasteiger partial charge in [0.1, 0.15) is 11.5 Å². The fourth-order valence-corrected chi connectivity index (χ4v) is 2.61. The van der Waals surface area contributed by atoms with Gasteiger partial charge in [0.25, 0.3) is 5.22 Å². The van der Waals surface area contributed by atoms with Gasteiger partial charge in [-0.15, -0.1) is 10.2 Å². The Bertz CT molecular complexity index is 824. The first kappa shape index (κ1) is 17.3. The molecule has 25 heavy (non-hydrogen) atoms. The van der Waals surface area contributed by atoms with E-state index in [1.807, 2.05) is 13.8 Å². The van der Waals surface area contributed by atoms with Crippen molar-refractivity contribution in [2.45, 2.75) is 30.7 Å². The van der Waals surface area contributed by atoms with Gasteiger partial charge in [0.05, 0.1) is 20.0 Å². The van der Waals surface area contributed by atoms with Crippen LogP contribution in [0.4, 0.5) is 0 Å². The quantitative estimate of drug-likeness (QED) is 0.584. The molecule has 0 saturated carbocycles. The highest BCUT2D eigenvalue weighted by atomic mass is 32.2. The van der Waals surface area contributed by atoms with Crippen LogP contribution in [0.25, 0.3) is 11.5 Å². The zero-order valence-corrected chi connectivity index (χ0v) is 15.2. The van der Waals surface area contributed by atoms with Crippen LogP contribution in [0.15, 0.2) is 32.4 Å². The van der Waals surface area contributed by atoms with E-state index < -0.39 is 0 Å². The van der Waals surface area contributed by atoms with Crippen LogP contribution in [-0.4, -0.2) is 34.6 Å². The molecule has 0 unspecified atom stereocenters. The number of nitrogens with zero attached hydrogens (tertiary/aromatic N) is 4. The van der Waals surface area contributed by atoms with Gasteiger partial charge in [0.15, 0.2) is 5.82 Å². The molecule has 0 saturated heterocycles. The molecule has 0 spiro atoms. The number of benzene rings is 1. The average Bonchev–Trinajstić information content (AvgIpc) is 3.28. The Morgan fingerprint density at radius 3 is 2.40 bits per heavy atom. The first-order chi connectivity index (χ1) is 12.1. The van der Waals surface area contributed by atoms with Crippen molar-refractivity contribution in [1.29, 1.82) is 0 Å². The van der Waals surface area contributed by atoms with Gasteiger partial charge >= 0.3 is 0 Å². The fraction of sp³-hybridized carbons (Fsp3) is 0.375. The van der Waals surface area contributed by atoms with Crippen LogP contribution in [0.1, 0.15) is 31.5 Å². The highest BCUT2D eigenvalue weighted by Gasteiger charge is 2.14. The maximum absolute atomic E-state index is 5.69. The van der Waals surface area contributed by atoms with Gasteiger partial charge in [-0.25, -0.2) is 0 Å². The van der Waals surface area contributed by atoms with E-state index in [-0.39, 0.29) is 5.92 Å². The topological polar surface area (TPSA) is 96.3 Å². The summed E-state index contributed by atoms with van der Waals surface area (Å²) in [5.74, 6) is 3.57. The van der Waals surface area contributed by atoms with Crippen LogP contribution >= 0.6 is 11.8 Å². The number of methoxy groups -OCH3 is 2. The summed E-state index contributed by atoms with van der Waals surface area (Å²) in [5, 5.41) is 12.5. The molecule has 8 nitrogen and oxygen atoms in total. The third-order valence-electron chi connectivity index (χ3n) is 3.31. The van der Waals surface area contributed by atoms with Crippen LogP contribution < -0.4 is 9.47 Å². The zero-order chi connectivity index (χ0) is 17.8. The fourth-order valence-electron chi connectivity index (χ4n) is 2.00. The first-order valence-electron chi connectivity index (χ1n) is 7.61. The minimum absolute atomic E-state index is 0.198. The van der Waals surface area contributed by atoms with E-state index in [9.17, 15) is 0 Å². The van der Waals surface area contributed by atoms with Crippen LogP contribution in [0.2, 0.25) is 0 Å². The van der Waals surface area contributed by atoms with Crippen LogP contribution in [0.5, 0.6) is 11.5 Å². The Morgan fingerprint density at radius 2 is 1.80 bits per heavy atom. The van der Waals surface area contributed by atoms with E-state index in [0.29, 0.717) is 40.1 Å². The Kier molecular flexibility index (Phi) is 5.22. The van der Waals surface area contributed by atoms with Crippen LogP contribution in [0.3, 0.4) is 0 Å². The number of thioether (sulfide) groups is 1. The molecule has 0 N–H and O–H groups in total. The lowest BCUT2D eigenvalue weighted by Gasteiger charge is -2.05. The lowest BCUT2D eigenvalue weighted by atomic mass is 10.2. The molecule has 0 aliphatic rings. The van der Waals surface area contributed by atoms with Crippen molar-refractivity contribution in [3.8, 4) is 23.0 Å². The number of hydrogen-bond acceptors (Lipinski definition) is 9. The maximum Gasteiger partial charge on any atom is 0.277 e. The van der Waals surface area contributed by atoms with Crippen molar-refractivity contribution in [2.75, 3.05) is 14.2 Å². The summed E-state index contributed by atoms with van der Waals surface area (Å²) in [5.41, 5.74) is 0.720. The summed E-state index contributed by atoms with van der Waals surface area (Å²) in [6.07, 6.45) is 0. The molecular weight excluding hydrogens is 344 g/mol. The predicted molar refractivity (Wildman–Crippen MR) is 90.8 cm³/mol. The zero-order valence-electron chi connectivity index (χ0n) is 14.3. The second-order valence-corrected chi connectivity index (χ2v) is 6.39. The molecule has 1 aromatic carbocycles. The molecule has 132 valence electrons. The SMILES string of the molecule is COc1cc(OC)cc(-c2nnc(SCc3noc(C(C)C)n3)o2)c1. The standard InChI is InChI=1S/C16H18N4O4S/c1-9(2)14-17-13(20-24-14)8-25-16-19-18-15(23-16)10-5-11(21-3)7-12(6-10)22-4/h5-7,9H,8H2,1-4H3. The van der Waals surface area contributed by atoms with Crippen molar-refractivity contribution in [3.05, 3.63) is 29.9 Å². The highest BCUT2D eigenvalue weighted by Crippen LogP contribution is 2.31. The average molecular weight is 362 g/mol. The van der Waals surface area contributed by atoms with Gasteiger partial charge in [0.2, 0.25) is 11.8 Å². The molecule has 9 heteroatoms. The number of ether oxygens (including phenoxy) is 2. The van der Waals surface area contributed by atoms with Crippen molar-refractivity contribution < 1.29 is 18.4 Å². The second-order valence-electron chi connectivity index (χ2n) is 5.47. The van der Waals surface area contributed by atoms with Gasteiger partial charge in [-0.1, -0.05) is 30.8 Å². The predicted octanol–water partition coefficient (Wildman–Crippen LogP) is 3.55. The molecular formula is C16H18N4O4S. The first-order valence-corrected chi connectivity index (χ1v) is 8.60. The van der Waals surface area contributed by atoms with E-state index in [2.05, 4.69) is 20.3 Å². The van der Waals surface area contributed by atoms with E-state index in [1.165, 1.54) is 11.8 Å². The maximum atomic E-state index is 5.69. The lowest BCUT2D eigenvalue weighted by Crippen LogP contribution is -1.88. The molecule has 0 bridgehead atoms. The Morgan fingerprint density at radius 1 is 1.08 bits per heavy atom. The molecule has 3 aromatic rings. The molecule has 0 radical (unpaired) electrons. The summed E-state index contributed by atoms with van der Waals surface area (Å²) >= 11 is 1.35. The molecule has 0 amide bonds. The third kappa shape index (κ3) is 4.11. The summed E-state index contributed by atoms with van der Waals surface area (Å²) < 4.78 is 21.4. The summed E-state index contributed by atoms with van der Waals surface area (Å²) in [6, 6.07) is 5.38. The van der Waals surface area contributed by atoms with Crippen LogP contribution in [0, 0.1) is 0 Å². The number of rotatable bonds is 7. The Balaban J connectivity index is 1.71. The third-order valence-corrected chi connectivity index (χ3v) is 4.12. The monoisotopic (exact) mass is 362 g/mol. The van der Waals surface area contributed by atoms with Gasteiger partial charge in [-0.3, -0.25) is 0 Å². The molecule has 2 heterocycles. The minimum atomic E-state index is 0.198. The smallest absolute Gasteiger partial charge is 0.277 e. The van der Waals surface area contributed by atoms with Gasteiger partial charge in [-0.2, -0.15) is 4.98 Å². The molecule has 0 fully saturated rings. The number of aromatic nitrogens is 4. The molecule has 2 aromatic heterocycles. The summed E-state index contributed by atoms with van der Waals surface area (Å²) in [6.45, 7) is 3.99. The van der Waals surface area contributed by atoms with Crippen molar-refractivity contribution in [1.82, 2.24) is 20.3 Å².